The molecule has 0 unspecified atom stereocenters. The fourth-order valence-electron chi connectivity index (χ4n) is 0.347. The van der Waals surface area contributed by atoms with Gasteiger partial charge in [0.1, 0.15) is 0 Å². The SMILES string of the molecule is [Cs+].[O-]c1ccccn1. The van der Waals surface area contributed by atoms with Gasteiger partial charge in [-0.15, -0.1) is 0 Å². The van der Waals surface area contributed by atoms with Crippen molar-refractivity contribution >= 4 is 0 Å². The summed E-state index contributed by atoms with van der Waals surface area (Å²) in [6.45, 7) is 0. The van der Waals surface area contributed by atoms with E-state index in [1.54, 1.807) is 12.1 Å². The van der Waals surface area contributed by atoms with Gasteiger partial charge in [-0.05, 0) is 11.9 Å². The van der Waals surface area contributed by atoms with Gasteiger partial charge in [-0.3, -0.25) is 4.98 Å². The molecule has 1 aromatic rings. The second-order valence-electron chi connectivity index (χ2n) is 1.17. The molecule has 3 heteroatoms. The summed E-state index contributed by atoms with van der Waals surface area (Å²) in [6, 6.07) is 4.79. The average molecular weight is 227 g/mol. The summed E-state index contributed by atoms with van der Waals surface area (Å²) >= 11 is 0. The maximum atomic E-state index is 10.2. The van der Waals surface area contributed by atoms with Crippen molar-refractivity contribution in [2.24, 2.45) is 0 Å². The monoisotopic (exact) mass is 227 g/mol. The van der Waals surface area contributed by atoms with Crippen LogP contribution in [0, 0.1) is 0 Å². The van der Waals surface area contributed by atoms with Crippen LogP contribution in [0.4, 0.5) is 0 Å². The van der Waals surface area contributed by atoms with Crippen LogP contribution in [0.1, 0.15) is 0 Å². The summed E-state index contributed by atoms with van der Waals surface area (Å²) in [5.41, 5.74) is 0. The molecular formula is C5H4CsNO. The molecule has 8 heavy (non-hydrogen) atoms. The Morgan fingerprint density at radius 2 is 2.12 bits per heavy atom. The smallest absolute Gasteiger partial charge is 0.859 e. The van der Waals surface area contributed by atoms with Crippen molar-refractivity contribution < 1.29 is 74.0 Å². The largest absolute Gasteiger partial charge is 1.00 e. The minimum absolute atomic E-state index is 0. The molecule has 0 fully saturated rings. The van der Waals surface area contributed by atoms with Gasteiger partial charge in [0.2, 0.25) is 0 Å². The van der Waals surface area contributed by atoms with Crippen molar-refractivity contribution in [1.82, 2.24) is 4.98 Å². The van der Waals surface area contributed by atoms with Crippen molar-refractivity contribution in [2.75, 3.05) is 0 Å². The Labute approximate surface area is 107 Å². The van der Waals surface area contributed by atoms with Crippen LogP contribution in [0.15, 0.2) is 24.4 Å². The maximum Gasteiger partial charge on any atom is 1.00 e. The van der Waals surface area contributed by atoms with E-state index in [4.69, 9.17) is 0 Å². The molecule has 0 saturated carbocycles. The van der Waals surface area contributed by atoms with Gasteiger partial charge >= 0.3 is 68.9 Å². The van der Waals surface area contributed by atoms with E-state index in [1.807, 2.05) is 0 Å². The Morgan fingerprint density at radius 3 is 2.38 bits per heavy atom. The number of nitrogens with zero attached hydrogens (tertiary/aromatic N) is 1. The standard InChI is InChI=1S/C5H5NO.Cs/c7-5-3-1-2-4-6-5;/h1-4H,(H,6,7);/q;+1/p-1. The minimum atomic E-state index is -0.178. The summed E-state index contributed by atoms with van der Waals surface area (Å²) in [6.07, 6.45) is 1.47. The van der Waals surface area contributed by atoms with Crippen molar-refractivity contribution in [3.63, 3.8) is 0 Å². The summed E-state index contributed by atoms with van der Waals surface area (Å²) in [7, 11) is 0. The Bertz CT molecular complexity index is 142. The molecule has 0 radical (unpaired) electrons. The fourth-order valence-corrected chi connectivity index (χ4v) is 0.347. The maximum absolute atomic E-state index is 10.2. The van der Waals surface area contributed by atoms with Crippen LogP contribution in [0.2, 0.25) is 0 Å². The third-order valence-corrected chi connectivity index (χ3v) is 0.638. The minimum Gasteiger partial charge on any atom is -0.859 e. The molecule has 0 aliphatic rings. The van der Waals surface area contributed by atoms with Crippen LogP contribution in [0.25, 0.3) is 0 Å². The predicted octanol–water partition coefficient (Wildman–Crippen LogP) is -2.84. The Balaban J connectivity index is 0.000000490. The topological polar surface area (TPSA) is 36.0 Å². The zero-order valence-electron chi connectivity index (χ0n) is 4.66. The molecule has 1 aromatic heterocycles. The second-order valence-corrected chi connectivity index (χ2v) is 1.17. The van der Waals surface area contributed by atoms with Crippen molar-refractivity contribution in [2.45, 2.75) is 0 Å². The van der Waals surface area contributed by atoms with E-state index in [1.165, 1.54) is 12.3 Å². The van der Waals surface area contributed by atoms with E-state index in [-0.39, 0.29) is 74.8 Å². The summed E-state index contributed by atoms with van der Waals surface area (Å²) in [4.78, 5) is 3.42. The van der Waals surface area contributed by atoms with Crippen molar-refractivity contribution in [3.05, 3.63) is 24.4 Å². The summed E-state index contributed by atoms with van der Waals surface area (Å²) < 4.78 is 0. The van der Waals surface area contributed by atoms with Gasteiger partial charge in [0.15, 0.2) is 0 Å². The van der Waals surface area contributed by atoms with E-state index in [9.17, 15) is 5.11 Å². The van der Waals surface area contributed by atoms with Crippen LogP contribution in [-0.2, 0) is 0 Å². The first-order chi connectivity index (χ1) is 3.39. The van der Waals surface area contributed by atoms with Gasteiger partial charge in [-0.25, -0.2) is 0 Å². The van der Waals surface area contributed by atoms with Crippen LogP contribution < -0.4 is 74.0 Å². The number of aromatic nitrogens is 1. The van der Waals surface area contributed by atoms with Gasteiger partial charge < -0.3 is 5.11 Å². The molecule has 1 heterocycles. The van der Waals surface area contributed by atoms with Gasteiger partial charge in [-0.1, -0.05) is 12.1 Å². The van der Waals surface area contributed by atoms with Crippen LogP contribution >= 0.6 is 0 Å². The van der Waals surface area contributed by atoms with E-state index in [2.05, 4.69) is 4.98 Å². The van der Waals surface area contributed by atoms with Gasteiger partial charge in [0, 0.05) is 6.20 Å². The normalized spacial score (nSPS) is 7.50. The molecule has 0 bridgehead atoms. The van der Waals surface area contributed by atoms with E-state index in [0.717, 1.165) is 0 Å². The van der Waals surface area contributed by atoms with Crippen LogP contribution in [0.3, 0.4) is 0 Å². The first kappa shape index (κ1) is 9.00. The van der Waals surface area contributed by atoms with Crippen molar-refractivity contribution in [1.29, 1.82) is 0 Å². The van der Waals surface area contributed by atoms with Gasteiger partial charge in [0.25, 0.3) is 0 Å². The van der Waals surface area contributed by atoms with Gasteiger partial charge in [0.05, 0.1) is 0 Å². The van der Waals surface area contributed by atoms with Crippen LogP contribution in [0.5, 0.6) is 5.88 Å². The Kier molecular flexibility index (Phi) is 5.45. The first-order valence-corrected chi connectivity index (χ1v) is 1.97. The number of hydrogen-bond donors (Lipinski definition) is 0. The third-order valence-electron chi connectivity index (χ3n) is 0.638. The van der Waals surface area contributed by atoms with Crippen molar-refractivity contribution in [3.8, 4) is 5.88 Å². The molecule has 0 saturated heterocycles. The molecule has 2 nitrogen and oxygen atoms in total. The molecule has 1 rings (SSSR count). The quantitative estimate of drug-likeness (QED) is 0.478. The average Bonchev–Trinajstić information content (AvgIpc) is 1.69. The summed E-state index contributed by atoms with van der Waals surface area (Å²) in [5.74, 6) is -0.178. The molecular weight excluding hydrogens is 223 g/mol. The zero-order chi connectivity index (χ0) is 5.11. The molecule has 0 N–H and O–H groups in total. The molecule has 0 amide bonds. The Morgan fingerprint density at radius 1 is 1.38 bits per heavy atom. The molecule has 0 spiro atoms. The number of hydrogen-bond acceptors (Lipinski definition) is 2. The van der Waals surface area contributed by atoms with E-state index < -0.39 is 0 Å². The third kappa shape index (κ3) is 3.11. The molecule has 0 aromatic carbocycles. The molecule has 0 aliphatic heterocycles. The second kappa shape index (κ2) is 4.84. The molecule has 0 aliphatic carbocycles. The van der Waals surface area contributed by atoms with Gasteiger partial charge in [-0.2, -0.15) is 0 Å². The first-order valence-electron chi connectivity index (χ1n) is 1.97. The molecule has 36 valence electrons. The zero-order valence-corrected chi connectivity index (χ0v) is 10.9. The predicted molar refractivity (Wildman–Crippen MR) is 23.7 cm³/mol. The van der Waals surface area contributed by atoms with Crippen LogP contribution in [-0.4, -0.2) is 4.98 Å². The number of rotatable bonds is 0. The fraction of sp³-hybridized carbons (Fsp3) is 0. The van der Waals surface area contributed by atoms with E-state index in [0.29, 0.717) is 0 Å². The Hall–Kier alpha value is 1.00. The number of pyridine rings is 1. The summed E-state index contributed by atoms with van der Waals surface area (Å²) in [5, 5.41) is 10.2. The van der Waals surface area contributed by atoms with E-state index >= 15 is 0 Å². The molecule has 0 atom stereocenters.